The van der Waals surface area contributed by atoms with Gasteiger partial charge in [-0.2, -0.15) is 5.10 Å². The number of nitrogens with one attached hydrogen (secondary N) is 1. The van der Waals surface area contributed by atoms with Gasteiger partial charge >= 0.3 is 0 Å². The van der Waals surface area contributed by atoms with Crippen LogP contribution < -0.4 is 5.32 Å². The molecule has 5 nitrogen and oxygen atoms in total. The predicted molar refractivity (Wildman–Crippen MR) is 105 cm³/mol. The van der Waals surface area contributed by atoms with Crippen LogP contribution in [0.15, 0.2) is 11.4 Å². The molecule has 0 aromatic carbocycles. The van der Waals surface area contributed by atoms with Crippen LogP contribution >= 0.6 is 22.9 Å². The molecule has 1 amide bonds. The number of aromatic nitrogens is 2. The van der Waals surface area contributed by atoms with Gasteiger partial charge in [-0.25, -0.2) is 0 Å². The van der Waals surface area contributed by atoms with E-state index in [1.807, 2.05) is 30.0 Å². The zero-order valence-corrected chi connectivity index (χ0v) is 17.0. The van der Waals surface area contributed by atoms with Gasteiger partial charge in [0.25, 0.3) is 5.91 Å². The van der Waals surface area contributed by atoms with Crippen molar-refractivity contribution < 1.29 is 4.79 Å². The quantitative estimate of drug-likeness (QED) is 0.864. The van der Waals surface area contributed by atoms with Crippen LogP contribution in [-0.4, -0.2) is 45.8 Å². The number of carbonyl (C=O) groups is 1. The van der Waals surface area contributed by atoms with E-state index in [0.29, 0.717) is 24.7 Å². The molecule has 2 saturated heterocycles. The van der Waals surface area contributed by atoms with Gasteiger partial charge in [0.05, 0.1) is 27.8 Å². The molecule has 4 heterocycles. The van der Waals surface area contributed by atoms with Crippen molar-refractivity contribution in [3.63, 3.8) is 0 Å². The molecule has 0 saturated carbocycles. The first-order valence-corrected chi connectivity index (χ1v) is 10.5. The Labute approximate surface area is 163 Å². The fraction of sp³-hybridized carbons (Fsp3) is 0.579. The lowest BCUT2D eigenvalue weighted by atomic mass is 9.98. The van der Waals surface area contributed by atoms with E-state index >= 15 is 0 Å². The number of fused-ring (bicyclic) bond motifs is 2. The van der Waals surface area contributed by atoms with Crippen molar-refractivity contribution in [3.05, 3.63) is 38.3 Å². The third-order valence-corrected chi connectivity index (χ3v) is 7.46. The predicted octanol–water partition coefficient (Wildman–Crippen LogP) is 3.62. The first-order valence-electron chi connectivity index (χ1n) is 9.22. The fourth-order valence-electron chi connectivity index (χ4n) is 4.37. The molecule has 2 aliphatic heterocycles. The summed E-state index contributed by atoms with van der Waals surface area (Å²) in [5.74, 6) is 0.0570. The summed E-state index contributed by atoms with van der Waals surface area (Å²) in [4.78, 5) is 15.9. The van der Waals surface area contributed by atoms with Crippen molar-refractivity contribution in [1.82, 2.24) is 20.0 Å². The first kappa shape index (κ1) is 18.0. The largest absolute Gasteiger partial charge is 0.348 e. The molecule has 2 fully saturated rings. The van der Waals surface area contributed by atoms with Gasteiger partial charge in [-0.05, 0) is 63.6 Å². The van der Waals surface area contributed by atoms with Crippen molar-refractivity contribution in [2.75, 3.05) is 7.05 Å². The zero-order chi connectivity index (χ0) is 18.4. The molecule has 2 aliphatic rings. The summed E-state index contributed by atoms with van der Waals surface area (Å²) in [5.41, 5.74) is 2.89. The van der Waals surface area contributed by atoms with Crippen molar-refractivity contribution in [3.8, 4) is 0 Å². The van der Waals surface area contributed by atoms with Gasteiger partial charge in [0.1, 0.15) is 0 Å². The zero-order valence-electron chi connectivity index (χ0n) is 15.5. The Morgan fingerprint density at radius 1 is 1.35 bits per heavy atom. The van der Waals surface area contributed by atoms with Gasteiger partial charge in [0, 0.05) is 18.1 Å². The molecular weight excluding hydrogens is 368 g/mol. The van der Waals surface area contributed by atoms with Crippen LogP contribution in [0.2, 0.25) is 5.02 Å². The molecule has 0 spiro atoms. The van der Waals surface area contributed by atoms with Crippen molar-refractivity contribution in [2.45, 2.75) is 64.2 Å². The van der Waals surface area contributed by atoms with Gasteiger partial charge in [-0.1, -0.05) is 11.6 Å². The Kier molecular flexibility index (Phi) is 4.84. The number of hydrogen-bond donors (Lipinski definition) is 1. The average molecular weight is 393 g/mol. The molecule has 2 unspecified atom stereocenters. The standard InChI is InChI=1S/C19H25ClN4OS/c1-11-18(20)12(2)24(22-11)9-13-6-17(26-10-13)19(25)21-14-7-15-4-5-16(8-14)23(15)3/h6,10,14-16H,4-5,7-9H2,1-3H3,(H,21,25). The Bertz CT molecular complexity index is 816. The summed E-state index contributed by atoms with van der Waals surface area (Å²) in [6.45, 7) is 4.52. The first-order chi connectivity index (χ1) is 12.4. The molecule has 0 radical (unpaired) electrons. The number of amides is 1. The van der Waals surface area contributed by atoms with Crippen LogP contribution in [0.5, 0.6) is 0 Å². The maximum absolute atomic E-state index is 12.7. The lowest BCUT2D eigenvalue weighted by Crippen LogP contribution is -2.48. The maximum Gasteiger partial charge on any atom is 0.261 e. The highest BCUT2D eigenvalue weighted by Crippen LogP contribution is 2.34. The fourth-order valence-corrected chi connectivity index (χ4v) is 5.31. The molecule has 26 heavy (non-hydrogen) atoms. The average Bonchev–Trinajstić information content (AvgIpc) is 3.21. The minimum absolute atomic E-state index is 0.0570. The summed E-state index contributed by atoms with van der Waals surface area (Å²) < 4.78 is 1.90. The number of thiophene rings is 1. The molecular formula is C19H25ClN4OS. The molecule has 0 aliphatic carbocycles. The Morgan fingerprint density at radius 3 is 2.65 bits per heavy atom. The van der Waals surface area contributed by atoms with Crippen LogP contribution in [0, 0.1) is 13.8 Å². The number of carbonyl (C=O) groups excluding carboxylic acids is 1. The third-order valence-electron chi connectivity index (χ3n) is 5.94. The maximum atomic E-state index is 12.7. The van der Waals surface area contributed by atoms with E-state index in [2.05, 4.69) is 22.4 Å². The Balaban J connectivity index is 1.40. The van der Waals surface area contributed by atoms with E-state index in [1.54, 1.807) is 0 Å². The van der Waals surface area contributed by atoms with E-state index in [9.17, 15) is 4.79 Å². The van der Waals surface area contributed by atoms with E-state index in [-0.39, 0.29) is 5.91 Å². The lowest BCUT2D eigenvalue weighted by molar-refractivity contribution is 0.0886. The molecule has 7 heteroatoms. The van der Waals surface area contributed by atoms with Gasteiger partial charge in [0.15, 0.2) is 0 Å². The minimum atomic E-state index is 0.0570. The second-order valence-electron chi connectivity index (χ2n) is 7.65. The highest BCUT2D eigenvalue weighted by Gasteiger charge is 2.38. The normalized spacial score (nSPS) is 25.6. The molecule has 4 rings (SSSR count). The molecule has 1 N–H and O–H groups in total. The highest BCUT2D eigenvalue weighted by molar-refractivity contribution is 7.12. The Morgan fingerprint density at radius 2 is 2.04 bits per heavy atom. The van der Waals surface area contributed by atoms with Crippen molar-refractivity contribution in [2.24, 2.45) is 0 Å². The molecule has 2 atom stereocenters. The number of aryl methyl sites for hydroxylation is 1. The van der Waals surface area contributed by atoms with Gasteiger partial charge < -0.3 is 10.2 Å². The minimum Gasteiger partial charge on any atom is -0.348 e. The number of nitrogens with zero attached hydrogens (tertiary/aromatic N) is 3. The monoisotopic (exact) mass is 392 g/mol. The molecule has 2 aromatic rings. The lowest BCUT2D eigenvalue weighted by Gasteiger charge is -2.36. The number of hydrogen-bond acceptors (Lipinski definition) is 4. The highest BCUT2D eigenvalue weighted by atomic mass is 35.5. The molecule has 2 bridgehead atoms. The van der Waals surface area contributed by atoms with E-state index in [4.69, 9.17) is 11.6 Å². The summed E-state index contributed by atoms with van der Waals surface area (Å²) in [6, 6.07) is 3.55. The summed E-state index contributed by atoms with van der Waals surface area (Å²) in [7, 11) is 2.22. The van der Waals surface area contributed by atoms with Crippen molar-refractivity contribution in [1.29, 1.82) is 0 Å². The summed E-state index contributed by atoms with van der Waals surface area (Å²) in [5, 5.41) is 10.5. The van der Waals surface area contributed by atoms with Crippen LogP contribution in [0.25, 0.3) is 0 Å². The number of halogens is 1. The number of rotatable bonds is 4. The van der Waals surface area contributed by atoms with Crippen LogP contribution in [0.1, 0.15) is 52.3 Å². The van der Waals surface area contributed by atoms with E-state index in [0.717, 1.165) is 39.7 Å². The van der Waals surface area contributed by atoms with Gasteiger partial charge in [-0.3, -0.25) is 9.48 Å². The van der Waals surface area contributed by atoms with Gasteiger partial charge in [0.2, 0.25) is 0 Å². The number of piperidine rings is 1. The molecule has 140 valence electrons. The van der Waals surface area contributed by atoms with Crippen LogP contribution in [0.4, 0.5) is 0 Å². The van der Waals surface area contributed by atoms with E-state index in [1.165, 1.54) is 24.2 Å². The summed E-state index contributed by atoms with van der Waals surface area (Å²) in [6.07, 6.45) is 4.67. The second-order valence-corrected chi connectivity index (χ2v) is 8.94. The van der Waals surface area contributed by atoms with Crippen molar-refractivity contribution >= 4 is 28.8 Å². The third kappa shape index (κ3) is 3.30. The smallest absolute Gasteiger partial charge is 0.261 e. The van der Waals surface area contributed by atoms with Crippen LogP contribution in [-0.2, 0) is 6.54 Å². The SMILES string of the molecule is Cc1nn(Cc2csc(C(=O)NC3CC4CCC(C3)N4C)c2)c(C)c1Cl. The van der Waals surface area contributed by atoms with E-state index < -0.39 is 0 Å². The summed E-state index contributed by atoms with van der Waals surface area (Å²) >= 11 is 7.72. The topological polar surface area (TPSA) is 50.2 Å². The van der Waals surface area contributed by atoms with Crippen LogP contribution in [0.3, 0.4) is 0 Å². The molecule has 2 aromatic heterocycles. The van der Waals surface area contributed by atoms with Gasteiger partial charge in [-0.15, -0.1) is 11.3 Å². The second kappa shape index (κ2) is 6.98. The Hall–Kier alpha value is -1.37.